The fourth-order valence-electron chi connectivity index (χ4n) is 1.86. The van der Waals surface area contributed by atoms with Crippen molar-refractivity contribution in [3.63, 3.8) is 0 Å². The Hall–Kier alpha value is -1.78. The average Bonchev–Trinajstić information content (AvgIpc) is 2.83. The molecular formula is C14H22N2O3. The maximum absolute atomic E-state index is 12.5. The summed E-state index contributed by atoms with van der Waals surface area (Å²) in [6, 6.07) is 3.74. The van der Waals surface area contributed by atoms with Gasteiger partial charge in [0.1, 0.15) is 12.2 Å². The second-order valence-electron chi connectivity index (χ2n) is 5.00. The number of aromatic nitrogens is 1. The second-order valence-corrected chi connectivity index (χ2v) is 5.00. The minimum atomic E-state index is -0.412. The third kappa shape index (κ3) is 3.59. The molecule has 1 rings (SSSR count). The first-order valence-corrected chi connectivity index (χ1v) is 6.43. The normalized spacial score (nSPS) is 10.9. The Morgan fingerprint density at radius 1 is 1.32 bits per heavy atom. The van der Waals surface area contributed by atoms with Crippen LogP contribution in [0.4, 0.5) is 0 Å². The van der Waals surface area contributed by atoms with Crippen molar-refractivity contribution in [2.45, 2.75) is 39.8 Å². The van der Waals surface area contributed by atoms with Gasteiger partial charge in [-0.15, -0.1) is 0 Å². The fourth-order valence-corrected chi connectivity index (χ4v) is 1.86. The number of nitrogens with zero attached hydrogens (tertiary/aromatic N) is 2. The Bertz CT molecular complexity index is 449. The van der Waals surface area contributed by atoms with E-state index >= 15 is 0 Å². The van der Waals surface area contributed by atoms with Crippen LogP contribution in [0.25, 0.3) is 0 Å². The maximum Gasteiger partial charge on any atom is 0.325 e. The zero-order chi connectivity index (χ0) is 14.6. The molecular weight excluding hydrogens is 244 g/mol. The zero-order valence-corrected chi connectivity index (χ0v) is 12.2. The largest absolute Gasteiger partial charge is 0.468 e. The van der Waals surface area contributed by atoms with Crippen molar-refractivity contribution in [1.29, 1.82) is 0 Å². The third-order valence-electron chi connectivity index (χ3n) is 2.97. The zero-order valence-electron chi connectivity index (χ0n) is 12.2. The SMILES string of the molecule is COC(=O)CN(C(=O)c1cccn1C(C)C)C(C)C. The van der Waals surface area contributed by atoms with Crippen molar-refractivity contribution in [2.24, 2.45) is 0 Å². The van der Waals surface area contributed by atoms with Gasteiger partial charge in [-0.3, -0.25) is 9.59 Å². The molecule has 0 atom stereocenters. The summed E-state index contributed by atoms with van der Waals surface area (Å²) in [6.07, 6.45) is 1.87. The molecule has 0 aliphatic heterocycles. The van der Waals surface area contributed by atoms with E-state index in [1.54, 1.807) is 6.07 Å². The molecule has 0 bridgehead atoms. The summed E-state index contributed by atoms with van der Waals surface area (Å²) < 4.78 is 6.53. The molecule has 1 aromatic heterocycles. The highest BCUT2D eigenvalue weighted by Gasteiger charge is 2.24. The van der Waals surface area contributed by atoms with Crippen molar-refractivity contribution < 1.29 is 14.3 Å². The highest BCUT2D eigenvalue weighted by atomic mass is 16.5. The number of carbonyl (C=O) groups is 2. The van der Waals surface area contributed by atoms with Gasteiger partial charge >= 0.3 is 5.97 Å². The molecule has 5 nitrogen and oxygen atoms in total. The highest BCUT2D eigenvalue weighted by molar-refractivity contribution is 5.95. The van der Waals surface area contributed by atoms with Gasteiger partial charge in [-0.1, -0.05) is 0 Å². The highest BCUT2D eigenvalue weighted by Crippen LogP contribution is 2.14. The first-order chi connectivity index (χ1) is 8.88. The van der Waals surface area contributed by atoms with E-state index in [0.717, 1.165) is 0 Å². The number of amides is 1. The fraction of sp³-hybridized carbons (Fsp3) is 0.571. The number of ether oxygens (including phenoxy) is 1. The molecule has 0 aliphatic carbocycles. The first kappa shape index (κ1) is 15.3. The molecule has 0 saturated heterocycles. The van der Waals surface area contributed by atoms with Crippen molar-refractivity contribution >= 4 is 11.9 Å². The Balaban J connectivity index is 2.99. The van der Waals surface area contributed by atoms with Gasteiger partial charge < -0.3 is 14.2 Å². The minimum absolute atomic E-state index is 0.0315. The molecule has 0 aromatic carbocycles. The summed E-state index contributed by atoms with van der Waals surface area (Å²) in [5.41, 5.74) is 0.590. The van der Waals surface area contributed by atoms with E-state index in [4.69, 9.17) is 0 Å². The summed E-state index contributed by atoms with van der Waals surface area (Å²) in [7, 11) is 1.32. The van der Waals surface area contributed by atoms with E-state index in [0.29, 0.717) is 5.69 Å². The number of esters is 1. The van der Waals surface area contributed by atoms with Crippen molar-refractivity contribution in [2.75, 3.05) is 13.7 Å². The smallest absolute Gasteiger partial charge is 0.325 e. The van der Waals surface area contributed by atoms with Gasteiger partial charge in [0.25, 0.3) is 5.91 Å². The van der Waals surface area contributed by atoms with Gasteiger partial charge in [0.05, 0.1) is 7.11 Å². The van der Waals surface area contributed by atoms with E-state index in [2.05, 4.69) is 4.74 Å². The Morgan fingerprint density at radius 2 is 1.95 bits per heavy atom. The summed E-state index contributed by atoms with van der Waals surface area (Å²) in [5.74, 6) is -0.566. The molecule has 0 spiro atoms. The molecule has 0 unspecified atom stereocenters. The van der Waals surface area contributed by atoms with E-state index in [9.17, 15) is 9.59 Å². The van der Waals surface area contributed by atoms with E-state index < -0.39 is 5.97 Å². The molecule has 1 aromatic rings. The lowest BCUT2D eigenvalue weighted by atomic mass is 10.2. The predicted molar refractivity (Wildman–Crippen MR) is 73.0 cm³/mol. The molecule has 0 aliphatic rings. The molecule has 0 fully saturated rings. The maximum atomic E-state index is 12.5. The lowest BCUT2D eigenvalue weighted by Crippen LogP contribution is -2.42. The summed E-state index contributed by atoms with van der Waals surface area (Å²) in [4.78, 5) is 25.4. The van der Waals surface area contributed by atoms with Crippen molar-refractivity contribution in [1.82, 2.24) is 9.47 Å². The van der Waals surface area contributed by atoms with Crippen LogP contribution in [-0.2, 0) is 9.53 Å². The Kier molecular flexibility index (Phi) is 5.15. The van der Waals surface area contributed by atoms with Gasteiger partial charge in [-0.05, 0) is 39.8 Å². The van der Waals surface area contributed by atoms with Crippen LogP contribution in [0.3, 0.4) is 0 Å². The molecule has 1 heterocycles. The molecule has 106 valence electrons. The van der Waals surface area contributed by atoms with Crippen LogP contribution in [0.1, 0.15) is 44.2 Å². The molecule has 1 amide bonds. The predicted octanol–water partition coefficient (Wildman–Crippen LogP) is 2.09. The number of carbonyl (C=O) groups excluding carboxylic acids is 2. The molecule has 0 saturated carbocycles. The quantitative estimate of drug-likeness (QED) is 0.767. The van der Waals surface area contributed by atoms with Gasteiger partial charge in [0.15, 0.2) is 0 Å². The minimum Gasteiger partial charge on any atom is -0.468 e. The van der Waals surface area contributed by atoms with Crippen LogP contribution in [0.15, 0.2) is 18.3 Å². The van der Waals surface area contributed by atoms with E-state index in [-0.39, 0.29) is 24.5 Å². The number of methoxy groups -OCH3 is 1. The van der Waals surface area contributed by atoms with Gasteiger partial charge in [0.2, 0.25) is 0 Å². The monoisotopic (exact) mass is 266 g/mol. The standard InChI is InChI=1S/C14H22N2O3/c1-10(2)15-8-6-7-12(15)14(18)16(11(3)4)9-13(17)19-5/h6-8,10-11H,9H2,1-5H3. The number of hydrogen-bond acceptors (Lipinski definition) is 3. The number of rotatable bonds is 5. The van der Waals surface area contributed by atoms with E-state index in [1.165, 1.54) is 12.0 Å². The van der Waals surface area contributed by atoms with Crippen LogP contribution in [0.5, 0.6) is 0 Å². The third-order valence-corrected chi connectivity index (χ3v) is 2.97. The summed E-state index contributed by atoms with van der Waals surface area (Å²) in [5, 5.41) is 0. The molecule has 0 N–H and O–H groups in total. The molecule has 5 heteroatoms. The molecule has 19 heavy (non-hydrogen) atoms. The van der Waals surface area contributed by atoms with Crippen molar-refractivity contribution in [3.05, 3.63) is 24.0 Å². The second kappa shape index (κ2) is 6.41. The van der Waals surface area contributed by atoms with Gasteiger partial charge in [-0.2, -0.15) is 0 Å². The lowest BCUT2D eigenvalue weighted by molar-refractivity contribution is -0.141. The summed E-state index contributed by atoms with van der Waals surface area (Å²) in [6.45, 7) is 7.75. The first-order valence-electron chi connectivity index (χ1n) is 6.43. The Labute approximate surface area is 114 Å². The van der Waals surface area contributed by atoms with E-state index in [1.807, 2.05) is 44.5 Å². The lowest BCUT2D eigenvalue weighted by Gasteiger charge is -2.26. The van der Waals surface area contributed by atoms with Crippen LogP contribution in [-0.4, -0.2) is 41.0 Å². The van der Waals surface area contributed by atoms with Gasteiger partial charge in [0, 0.05) is 18.3 Å². The topological polar surface area (TPSA) is 51.5 Å². The summed E-state index contributed by atoms with van der Waals surface area (Å²) >= 11 is 0. The average molecular weight is 266 g/mol. The number of hydrogen-bond donors (Lipinski definition) is 0. The Morgan fingerprint density at radius 3 is 2.42 bits per heavy atom. The van der Waals surface area contributed by atoms with Crippen LogP contribution < -0.4 is 0 Å². The van der Waals surface area contributed by atoms with Gasteiger partial charge in [-0.25, -0.2) is 0 Å². The van der Waals surface area contributed by atoms with Crippen LogP contribution in [0.2, 0.25) is 0 Å². The van der Waals surface area contributed by atoms with Crippen LogP contribution >= 0.6 is 0 Å². The van der Waals surface area contributed by atoms with Crippen molar-refractivity contribution in [3.8, 4) is 0 Å². The van der Waals surface area contributed by atoms with Crippen LogP contribution in [0, 0.1) is 0 Å². The molecule has 0 radical (unpaired) electrons.